The van der Waals surface area contributed by atoms with E-state index in [4.69, 9.17) is 0 Å². The molecule has 0 radical (unpaired) electrons. The lowest BCUT2D eigenvalue weighted by atomic mass is 10.1. The van der Waals surface area contributed by atoms with Crippen LogP contribution in [0.3, 0.4) is 0 Å². The molecule has 9 heteroatoms. The Hall–Kier alpha value is -0.630. The Bertz CT molecular complexity index is 220. The van der Waals surface area contributed by atoms with Crippen LogP contribution in [0.25, 0.3) is 0 Å². The minimum absolute atomic E-state index is 0. The lowest BCUT2D eigenvalue weighted by Gasteiger charge is -2.23. The SMILES string of the molecule is CCOC(=O)C(F)(F)[C@H](N)C(F)(F)F.Cl. The van der Waals surface area contributed by atoms with Crippen molar-refractivity contribution >= 4 is 18.4 Å². The fraction of sp³-hybridized carbons (Fsp3) is 0.833. The van der Waals surface area contributed by atoms with E-state index >= 15 is 0 Å². The van der Waals surface area contributed by atoms with Crippen molar-refractivity contribution in [1.29, 1.82) is 0 Å². The second-order valence-electron chi connectivity index (χ2n) is 2.36. The summed E-state index contributed by atoms with van der Waals surface area (Å²) >= 11 is 0. The van der Waals surface area contributed by atoms with E-state index in [2.05, 4.69) is 10.5 Å². The second-order valence-corrected chi connectivity index (χ2v) is 2.36. The van der Waals surface area contributed by atoms with Crippen LogP contribution in [0, 0.1) is 0 Å². The molecule has 0 bridgehead atoms. The minimum Gasteiger partial charge on any atom is -0.462 e. The minimum atomic E-state index is -5.35. The summed E-state index contributed by atoms with van der Waals surface area (Å²) in [6.45, 7) is 0.742. The zero-order valence-corrected chi connectivity index (χ0v) is 8.29. The fourth-order valence-corrected chi connectivity index (χ4v) is 0.560. The number of carbonyl (C=O) groups is 1. The Balaban J connectivity index is 0. The smallest absolute Gasteiger partial charge is 0.410 e. The summed E-state index contributed by atoms with van der Waals surface area (Å²) in [5.74, 6) is -7.03. The number of halogens is 6. The summed E-state index contributed by atoms with van der Waals surface area (Å²) in [4.78, 5) is 10.4. The highest BCUT2D eigenvalue weighted by molar-refractivity contribution is 5.85. The van der Waals surface area contributed by atoms with Crippen molar-refractivity contribution in [2.75, 3.05) is 6.61 Å². The molecule has 0 unspecified atom stereocenters. The monoisotopic (exact) mass is 257 g/mol. The number of nitrogens with two attached hydrogens (primary N) is 1. The molecule has 0 rings (SSSR count). The lowest BCUT2D eigenvalue weighted by molar-refractivity contribution is -0.219. The summed E-state index contributed by atoms with van der Waals surface area (Å²) in [5, 5.41) is 0. The average Bonchev–Trinajstić information content (AvgIpc) is 2.01. The molecule has 0 spiro atoms. The topological polar surface area (TPSA) is 52.3 Å². The first-order valence-corrected chi connectivity index (χ1v) is 3.51. The molecule has 0 aliphatic carbocycles. The van der Waals surface area contributed by atoms with Crippen molar-refractivity contribution in [2.24, 2.45) is 5.73 Å². The van der Waals surface area contributed by atoms with Crippen molar-refractivity contribution in [3.05, 3.63) is 0 Å². The molecular weight excluding hydrogens is 249 g/mol. The van der Waals surface area contributed by atoms with Crippen molar-refractivity contribution in [2.45, 2.75) is 25.1 Å². The van der Waals surface area contributed by atoms with Crippen molar-refractivity contribution in [1.82, 2.24) is 0 Å². The third kappa shape index (κ3) is 4.17. The molecule has 0 saturated carbocycles. The van der Waals surface area contributed by atoms with Crippen LogP contribution in [0.15, 0.2) is 0 Å². The Labute approximate surface area is 88.2 Å². The van der Waals surface area contributed by atoms with E-state index < -0.39 is 30.7 Å². The van der Waals surface area contributed by atoms with Crippen LogP contribution in [0.1, 0.15) is 6.92 Å². The molecular formula is C6H9ClF5NO2. The van der Waals surface area contributed by atoms with Gasteiger partial charge in [-0.2, -0.15) is 22.0 Å². The summed E-state index contributed by atoms with van der Waals surface area (Å²) in [5.41, 5.74) is 4.18. The van der Waals surface area contributed by atoms with Gasteiger partial charge in [0.15, 0.2) is 6.04 Å². The van der Waals surface area contributed by atoms with Gasteiger partial charge in [-0.15, -0.1) is 12.4 Å². The lowest BCUT2D eigenvalue weighted by Crippen LogP contribution is -2.56. The van der Waals surface area contributed by atoms with Crippen LogP contribution in [0.2, 0.25) is 0 Å². The van der Waals surface area contributed by atoms with Gasteiger partial charge in [-0.05, 0) is 6.92 Å². The fourth-order valence-electron chi connectivity index (χ4n) is 0.560. The van der Waals surface area contributed by atoms with E-state index in [0.29, 0.717) is 0 Å². The van der Waals surface area contributed by atoms with Gasteiger partial charge >= 0.3 is 18.1 Å². The maximum atomic E-state index is 12.6. The van der Waals surface area contributed by atoms with Gasteiger partial charge < -0.3 is 10.5 Å². The predicted octanol–water partition coefficient (Wildman–Crippen LogP) is 1.50. The highest BCUT2D eigenvalue weighted by Crippen LogP contribution is 2.31. The van der Waals surface area contributed by atoms with Crippen LogP contribution in [-0.2, 0) is 9.53 Å². The molecule has 0 aromatic carbocycles. The van der Waals surface area contributed by atoms with Gasteiger partial charge in [-0.25, -0.2) is 4.79 Å². The Morgan fingerprint density at radius 2 is 1.73 bits per heavy atom. The summed E-state index contributed by atoms with van der Waals surface area (Å²) < 4.78 is 64.1. The van der Waals surface area contributed by atoms with Gasteiger partial charge in [0.25, 0.3) is 0 Å². The number of rotatable bonds is 3. The number of hydrogen-bond acceptors (Lipinski definition) is 3. The van der Waals surface area contributed by atoms with Crippen LogP contribution in [-0.4, -0.2) is 30.7 Å². The molecule has 0 aliphatic rings. The van der Waals surface area contributed by atoms with Crippen LogP contribution in [0.4, 0.5) is 22.0 Å². The number of hydrogen-bond donors (Lipinski definition) is 1. The van der Waals surface area contributed by atoms with Gasteiger partial charge in [-0.3, -0.25) is 0 Å². The van der Waals surface area contributed by atoms with Crippen molar-refractivity contribution in [3.8, 4) is 0 Å². The number of esters is 1. The Morgan fingerprint density at radius 1 is 1.33 bits per heavy atom. The Kier molecular flexibility index (Phi) is 6.10. The van der Waals surface area contributed by atoms with E-state index in [1.54, 1.807) is 0 Å². The van der Waals surface area contributed by atoms with Gasteiger partial charge in [0, 0.05) is 0 Å². The third-order valence-electron chi connectivity index (χ3n) is 1.29. The molecule has 0 aromatic heterocycles. The molecule has 0 aliphatic heterocycles. The summed E-state index contributed by atoms with van der Waals surface area (Å²) in [6.07, 6.45) is -5.35. The zero-order valence-electron chi connectivity index (χ0n) is 7.48. The van der Waals surface area contributed by atoms with E-state index in [-0.39, 0.29) is 12.4 Å². The standard InChI is InChI=1S/C6H8F5NO2.ClH/c1-2-14-4(13)5(7,8)3(12)6(9,10)11;/h3H,2,12H2,1H3;1H/t3-;/m0./s1. The normalized spacial score (nSPS) is 14.1. The number of alkyl halides is 5. The predicted molar refractivity (Wildman–Crippen MR) is 42.9 cm³/mol. The molecule has 0 amide bonds. The largest absolute Gasteiger partial charge is 0.462 e. The molecule has 15 heavy (non-hydrogen) atoms. The summed E-state index contributed by atoms with van der Waals surface area (Å²) in [6, 6.07) is -3.55. The number of ether oxygens (including phenoxy) is 1. The maximum Gasteiger partial charge on any atom is 0.410 e. The van der Waals surface area contributed by atoms with Gasteiger partial charge in [0.05, 0.1) is 6.61 Å². The quantitative estimate of drug-likeness (QED) is 0.616. The Morgan fingerprint density at radius 3 is 2.00 bits per heavy atom. The molecule has 0 saturated heterocycles. The summed E-state index contributed by atoms with van der Waals surface area (Å²) in [7, 11) is 0. The van der Waals surface area contributed by atoms with Crippen LogP contribution in [0.5, 0.6) is 0 Å². The average molecular weight is 258 g/mol. The molecule has 3 nitrogen and oxygen atoms in total. The van der Waals surface area contributed by atoms with E-state index in [0.717, 1.165) is 0 Å². The highest BCUT2D eigenvalue weighted by atomic mass is 35.5. The molecule has 92 valence electrons. The highest BCUT2D eigenvalue weighted by Gasteiger charge is 2.59. The molecule has 2 N–H and O–H groups in total. The maximum absolute atomic E-state index is 12.6. The number of carbonyl (C=O) groups excluding carboxylic acids is 1. The van der Waals surface area contributed by atoms with Crippen LogP contribution >= 0.6 is 12.4 Å². The zero-order chi connectivity index (χ0) is 11.6. The first-order chi connectivity index (χ1) is 6.14. The first kappa shape index (κ1) is 16.8. The molecule has 0 fully saturated rings. The van der Waals surface area contributed by atoms with E-state index in [1.807, 2.05) is 0 Å². The van der Waals surface area contributed by atoms with Gasteiger partial charge in [-0.1, -0.05) is 0 Å². The third-order valence-corrected chi connectivity index (χ3v) is 1.29. The molecule has 1 atom stereocenters. The van der Waals surface area contributed by atoms with Crippen LogP contribution < -0.4 is 5.73 Å². The second kappa shape index (κ2) is 5.45. The first-order valence-electron chi connectivity index (χ1n) is 3.51. The van der Waals surface area contributed by atoms with Crippen molar-refractivity contribution < 1.29 is 31.5 Å². The van der Waals surface area contributed by atoms with E-state index in [1.165, 1.54) is 6.92 Å². The van der Waals surface area contributed by atoms with Gasteiger partial charge in [0.1, 0.15) is 0 Å². The molecule has 0 heterocycles. The van der Waals surface area contributed by atoms with Crippen molar-refractivity contribution in [3.63, 3.8) is 0 Å². The van der Waals surface area contributed by atoms with Gasteiger partial charge in [0.2, 0.25) is 0 Å². The molecule has 0 aromatic rings. The van der Waals surface area contributed by atoms with E-state index in [9.17, 15) is 26.7 Å².